The second kappa shape index (κ2) is 6.72. The maximum atomic E-state index is 12.3. The topological polar surface area (TPSA) is 54.4 Å². The molecule has 1 saturated carbocycles. The minimum absolute atomic E-state index is 0.127. The Morgan fingerprint density at radius 3 is 2.70 bits per heavy atom. The number of aldehydes is 2. The van der Waals surface area contributed by atoms with E-state index in [1.54, 1.807) is 6.08 Å². The zero-order chi connectivity index (χ0) is 17.3. The minimum atomic E-state index is -0.823. The standard InChI is InChI=1S/C20H30O3/c1-14(2)6-5-7-15(3)17-10-11-19(4)18(23)9-8-16(12-21)20(17,19)13-22/h6,8,12-13,15,17-18,23H,5,7,9-11H2,1-4H3. The van der Waals surface area contributed by atoms with Gasteiger partial charge in [0.15, 0.2) is 0 Å². The first-order valence-corrected chi connectivity index (χ1v) is 8.77. The summed E-state index contributed by atoms with van der Waals surface area (Å²) in [5.41, 5.74) is 0.559. The number of allylic oxidation sites excluding steroid dienone is 3. The molecule has 5 unspecified atom stereocenters. The molecule has 0 aromatic rings. The van der Waals surface area contributed by atoms with Gasteiger partial charge in [0.2, 0.25) is 0 Å². The van der Waals surface area contributed by atoms with Crippen LogP contribution in [0.25, 0.3) is 0 Å². The Balaban J connectivity index is 2.36. The van der Waals surface area contributed by atoms with Crippen molar-refractivity contribution in [1.29, 1.82) is 0 Å². The summed E-state index contributed by atoms with van der Waals surface area (Å²) in [5, 5.41) is 10.6. The van der Waals surface area contributed by atoms with E-state index in [0.717, 1.165) is 38.3 Å². The molecule has 0 heterocycles. The quantitative estimate of drug-likeness (QED) is 0.597. The maximum Gasteiger partial charge on any atom is 0.146 e. The number of carbonyl (C=O) groups excluding carboxylic acids is 2. The number of carbonyl (C=O) groups is 2. The van der Waals surface area contributed by atoms with Crippen LogP contribution in [-0.2, 0) is 9.59 Å². The lowest BCUT2D eigenvalue weighted by molar-refractivity contribution is -0.133. The molecule has 0 amide bonds. The van der Waals surface area contributed by atoms with E-state index in [-0.39, 0.29) is 5.92 Å². The molecule has 1 N–H and O–H groups in total. The van der Waals surface area contributed by atoms with Crippen molar-refractivity contribution < 1.29 is 14.7 Å². The van der Waals surface area contributed by atoms with E-state index in [0.29, 0.717) is 17.9 Å². The second-order valence-electron chi connectivity index (χ2n) is 7.91. The normalized spacial score (nSPS) is 37.5. The van der Waals surface area contributed by atoms with Gasteiger partial charge in [-0.2, -0.15) is 0 Å². The molecule has 0 aliphatic heterocycles. The zero-order valence-corrected chi connectivity index (χ0v) is 14.8. The van der Waals surface area contributed by atoms with Crippen LogP contribution in [0.3, 0.4) is 0 Å². The zero-order valence-electron chi connectivity index (χ0n) is 14.8. The molecule has 5 atom stereocenters. The van der Waals surface area contributed by atoms with Crippen molar-refractivity contribution >= 4 is 12.6 Å². The highest BCUT2D eigenvalue weighted by Gasteiger charge is 2.64. The average molecular weight is 318 g/mol. The molecule has 3 heteroatoms. The van der Waals surface area contributed by atoms with Crippen molar-refractivity contribution in [3.8, 4) is 0 Å². The molecule has 0 spiro atoms. The maximum absolute atomic E-state index is 12.3. The van der Waals surface area contributed by atoms with Crippen LogP contribution in [0.15, 0.2) is 23.3 Å². The van der Waals surface area contributed by atoms with Crippen LogP contribution in [0.4, 0.5) is 0 Å². The van der Waals surface area contributed by atoms with Crippen LogP contribution in [0.2, 0.25) is 0 Å². The lowest BCUT2D eigenvalue weighted by atomic mass is 9.53. The van der Waals surface area contributed by atoms with Gasteiger partial charge in [0.25, 0.3) is 0 Å². The lowest BCUT2D eigenvalue weighted by Crippen LogP contribution is -2.53. The Hall–Kier alpha value is -1.22. The molecule has 0 saturated heterocycles. The fourth-order valence-electron chi connectivity index (χ4n) is 4.97. The highest BCUT2D eigenvalue weighted by molar-refractivity contribution is 5.86. The van der Waals surface area contributed by atoms with Crippen molar-refractivity contribution in [1.82, 2.24) is 0 Å². The van der Waals surface area contributed by atoms with E-state index in [1.165, 1.54) is 5.57 Å². The van der Waals surface area contributed by atoms with E-state index in [1.807, 2.05) is 6.92 Å². The Bertz CT molecular complexity index is 529. The summed E-state index contributed by atoms with van der Waals surface area (Å²) < 4.78 is 0. The van der Waals surface area contributed by atoms with Crippen LogP contribution in [0, 0.1) is 22.7 Å². The van der Waals surface area contributed by atoms with Crippen LogP contribution < -0.4 is 0 Å². The summed E-state index contributed by atoms with van der Waals surface area (Å²) in [7, 11) is 0. The molecule has 23 heavy (non-hydrogen) atoms. The van der Waals surface area contributed by atoms with Gasteiger partial charge in [-0.3, -0.25) is 4.79 Å². The second-order valence-corrected chi connectivity index (χ2v) is 7.91. The Morgan fingerprint density at radius 2 is 2.13 bits per heavy atom. The highest BCUT2D eigenvalue weighted by Crippen LogP contribution is 2.64. The summed E-state index contributed by atoms with van der Waals surface area (Å²) in [6.45, 7) is 8.36. The van der Waals surface area contributed by atoms with Gasteiger partial charge in [0.05, 0.1) is 11.5 Å². The number of hydrogen-bond donors (Lipinski definition) is 1. The first kappa shape index (κ1) is 18.1. The number of aliphatic hydroxyl groups excluding tert-OH is 1. The van der Waals surface area contributed by atoms with Gasteiger partial charge in [-0.25, -0.2) is 0 Å². The minimum Gasteiger partial charge on any atom is -0.392 e. The lowest BCUT2D eigenvalue weighted by Gasteiger charge is -2.50. The van der Waals surface area contributed by atoms with Crippen molar-refractivity contribution in [2.45, 2.75) is 65.9 Å². The van der Waals surface area contributed by atoms with E-state index < -0.39 is 16.9 Å². The van der Waals surface area contributed by atoms with Crippen LogP contribution in [-0.4, -0.2) is 23.8 Å². The number of aliphatic hydroxyl groups is 1. The fraction of sp³-hybridized carbons (Fsp3) is 0.700. The number of rotatable bonds is 6. The predicted octanol–water partition coefficient (Wildman–Crippen LogP) is 3.86. The van der Waals surface area contributed by atoms with E-state index in [4.69, 9.17) is 0 Å². The van der Waals surface area contributed by atoms with Crippen molar-refractivity contribution in [2.24, 2.45) is 22.7 Å². The van der Waals surface area contributed by atoms with E-state index >= 15 is 0 Å². The van der Waals surface area contributed by atoms with Crippen molar-refractivity contribution in [3.63, 3.8) is 0 Å². The molecule has 2 aliphatic rings. The first-order chi connectivity index (χ1) is 10.8. The first-order valence-electron chi connectivity index (χ1n) is 8.77. The highest BCUT2D eigenvalue weighted by atomic mass is 16.3. The average Bonchev–Trinajstić information content (AvgIpc) is 2.83. The van der Waals surface area contributed by atoms with Gasteiger partial charge < -0.3 is 9.90 Å². The van der Waals surface area contributed by atoms with Gasteiger partial charge in [-0.1, -0.05) is 31.6 Å². The third kappa shape index (κ3) is 2.73. The molecule has 0 bridgehead atoms. The summed E-state index contributed by atoms with van der Waals surface area (Å²) in [6, 6.07) is 0. The Labute approximate surface area is 139 Å². The van der Waals surface area contributed by atoms with Gasteiger partial charge in [0, 0.05) is 11.0 Å². The van der Waals surface area contributed by atoms with Gasteiger partial charge >= 0.3 is 0 Å². The van der Waals surface area contributed by atoms with Crippen molar-refractivity contribution in [3.05, 3.63) is 23.3 Å². The molecule has 128 valence electrons. The largest absolute Gasteiger partial charge is 0.392 e. The number of fused-ring (bicyclic) bond motifs is 1. The van der Waals surface area contributed by atoms with Crippen LogP contribution in [0.5, 0.6) is 0 Å². The summed E-state index contributed by atoms with van der Waals surface area (Å²) in [5.74, 6) is 0.466. The van der Waals surface area contributed by atoms with Crippen LogP contribution >= 0.6 is 0 Å². The van der Waals surface area contributed by atoms with E-state index in [9.17, 15) is 14.7 Å². The molecule has 3 nitrogen and oxygen atoms in total. The summed E-state index contributed by atoms with van der Waals surface area (Å²) >= 11 is 0. The SMILES string of the molecule is CC(C)=CCCC(C)C1CCC2(C)C(O)CC=C(C=O)C12C=O. The smallest absolute Gasteiger partial charge is 0.146 e. The fourth-order valence-corrected chi connectivity index (χ4v) is 4.97. The molecule has 0 aromatic heterocycles. The Kier molecular flexibility index (Phi) is 5.30. The van der Waals surface area contributed by atoms with Crippen LogP contribution in [0.1, 0.15) is 59.8 Å². The van der Waals surface area contributed by atoms with Gasteiger partial charge in [-0.15, -0.1) is 0 Å². The van der Waals surface area contributed by atoms with E-state index in [2.05, 4.69) is 26.8 Å². The van der Waals surface area contributed by atoms with Crippen molar-refractivity contribution in [2.75, 3.05) is 0 Å². The van der Waals surface area contributed by atoms with Gasteiger partial charge in [0.1, 0.15) is 12.6 Å². The Morgan fingerprint density at radius 1 is 1.43 bits per heavy atom. The summed E-state index contributed by atoms with van der Waals surface area (Å²) in [4.78, 5) is 23.9. The monoisotopic (exact) mass is 318 g/mol. The molecule has 0 aromatic carbocycles. The predicted molar refractivity (Wildman–Crippen MR) is 91.9 cm³/mol. The molecule has 0 radical (unpaired) electrons. The van der Waals surface area contributed by atoms with Gasteiger partial charge in [-0.05, 0) is 57.8 Å². The molecule has 2 rings (SSSR count). The summed E-state index contributed by atoms with van der Waals surface area (Å²) in [6.07, 6.45) is 9.45. The number of hydrogen-bond acceptors (Lipinski definition) is 3. The molecule has 2 aliphatic carbocycles. The third-order valence-corrected chi connectivity index (χ3v) is 6.45. The molecule has 1 fully saturated rings. The third-order valence-electron chi connectivity index (χ3n) is 6.45. The molecular weight excluding hydrogens is 288 g/mol. The molecular formula is C20H30O3.